The predicted octanol–water partition coefficient (Wildman–Crippen LogP) is 4.40. The summed E-state index contributed by atoms with van der Waals surface area (Å²) in [6, 6.07) is 4.59. The van der Waals surface area contributed by atoms with Crippen LogP contribution in [-0.2, 0) is 16.0 Å². The molecule has 27 heavy (non-hydrogen) atoms. The number of thiazole rings is 1. The maximum atomic E-state index is 13.8. The van der Waals surface area contributed by atoms with Crippen molar-refractivity contribution in [1.82, 2.24) is 4.98 Å². The number of halogens is 1. The molecule has 0 saturated heterocycles. The van der Waals surface area contributed by atoms with Crippen LogP contribution >= 0.6 is 11.3 Å². The molecule has 2 rings (SSSR count). The van der Waals surface area contributed by atoms with Crippen molar-refractivity contribution in [2.24, 2.45) is 5.10 Å². The number of carbonyl (C=O) groups excluding carboxylic acids is 1. The molecule has 0 spiro atoms. The van der Waals surface area contributed by atoms with Crippen molar-refractivity contribution in [2.75, 3.05) is 18.6 Å². The van der Waals surface area contributed by atoms with Gasteiger partial charge in [-0.1, -0.05) is 25.8 Å². The van der Waals surface area contributed by atoms with Gasteiger partial charge in [-0.05, 0) is 31.0 Å². The summed E-state index contributed by atoms with van der Waals surface area (Å²) in [4.78, 5) is 15.7. The molecule has 0 aliphatic carbocycles. The lowest BCUT2D eigenvalue weighted by Crippen LogP contribution is -2.07. The molecule has 0 amide bonds. The van der Waals surface area contributed by atoms with Gasteiger partial charge in [0.25, 0.3) is 0 Å². The smallest absolute Gasteiger partial charge is 0.311 e. The van der Waals surface area contributed by atoms with Crippen LogP contribution in [0.2, 0.25) is 0 Å². The molecule has 0 atom stereocenters. The van der Waals surface area contributed by atoms with Gasteiger partial charge in [0.1, 0.15) is 0 Å². The molecule has 0 unspecified atom stereocenters. The number of unbranched alkanes of at least 4 members (excludes halogenated alkanes) is 2. The molecule has 0 saturated carbocycles. The summed E-state index contributed by atoms with van der Waals surface area (Å²) in [6.45, 7) is 4.71. The summed E-state index contributed by atoms with van der Waals surface area (Å²) in [7, 11) is 0. The minimum Gasteiger partial charge on any atom is -0.490 e. The maximum Gasteiger partial charge on any atom is 0.311 e. The molecule has 1 aromatic carbocycles. The van der Waals surface area contributed by atoms with E-state index in [2.05, 4.69) is 22.4 Å². The van der Waals surface area contributed by atoms with E-state index >= 15 is 0 Å². The zero-order chi connectivity index (χ0) is 19.5. The number of hydrazone groups is 1. The van der Waals surface area contributed by atoms with Gasteiger partial charge in [0.15, 0.2) is 11.6 Å². The topological polar surface area (TPSA) is 72.8 Å². The Hall–Kier alpha value is -2.48. The van der Waals surface area contributed by atoms with Gasteiger partial charge in [0.2, 0.25) is 5.13 Å². The van der Waals surface area contributed by atoms with E-state index in [-0.39, 0.29) is 24.0 Å². The Bertz CT molecular complexity index is 764. The number of nitrogens with one attached hydrogen (secondary N) is 1. The Kier molecular flexibility index (Phi) is 8.70. The van der Waals surface area contributed by atoms with Crippen LogP contribution in [0.3, 0.4) is 0 Å². The van der Waals surface area contributed by atoms with Gasteiger partial charge in [0.05, 0.1) is 31.5 Å². The maximum absolute atomic E-state index is 13.8. The molecular weight excluding hydrogens is 369 g/mol. The molecule has 1 N–H and O–H groups in total. The van der Waals surface area contributed by atoms with E-state index in [1.54, 1.807) is 30.7 Å². The van der Waals surface area contributed by atoms with Gasteiger partial charge < -0.3 is 9.47 Å². The average Bonchev–Trinajstić information content (AvgIpc) is 3.08. The third-order valence-corrected chi connectivity index (χ3v) is 4.31. The Morgan fingerprint density at radius 2 is 2.22 bits per heavy atom. The summed E-state index contributed by atoms with van der Waals surface area (Å²) in [5, 5.41) is 6.43. The van der Waals surface area contributed by atoms with Crippen molar-refractivity contribution in [2.45, 2.75) is 39.5 Å². The summed E-state index contributed by atoms with van der Waals surface area (Å²) in [5.41, 5.74) is 4.13. The van der Waals surface area contributed by atoms with Crippen LogP contribution in [0, 0.1) is 5.82 Å². The van der Waals surface area contributed by atoms with Crippen LogP contribution in [0.4, 0.5) is 9.52 Å². The fraction of sp³-hybridized carbons (Fsp3) is 0.421. The predicted molar refractivity (Wildman–Crippen MR) is 105 cm³/mol. The van der Waals surface area contributed by atoms with Gasteiger partial charge in [-0.25, -0.2) is 9.37 Å². The number of aromatic nitrogens is 1. The van der Waals surface area contributed by atoms with E-state index in [9.17, 15) is 9.18 Å². The highest BCUT2D eigenvalue weighted by atomic mass is 32.1. The fourth-order valence-electron chi connectivity index (χ4n) is 2.21. The largest absolute Gasteiger partial charge is 0.490 e. The van der Waals surface area contributed by atoms with Crippen molar-refractivity contribution in [3.8, 4) is 5.75 Å². The number of rotatable bonds is 11. The van der Waals surface area contributed by atoms with E-state index in [4.69, 9.17) is 9.47 Å². The number of esters is 1. The summed E-state index contributed by atoms with van der Waals surface area (Å²) in [5.74, 6) is -0.475. The molecule has 146 valence electrons. The standard InChI is InChI=1S/C19H24FN3O3S/c1-3-5-6-9-26-17-10-14(7-8-16(17)20)12-21-23-19-22-15(13-27-19)11-18(24)25-4-2/h7-8,10,12-13H,3-6,9,11H2,1-2H3,(H,22,23). The van der Waals surface area contributed by atoms with Crippen LogP contribution < -0.4 is 10.2 Å². The molecule has 0 fully saturated rings. The lowest BCUT2D eigenvalue weighted by molar-refractivity contribution is -0.142. The number of hydrogen-bond acceptors (Lipinski definition) is 7. The van der Waals surface area contributed by atoms with Crippen molar-refractivity contribution in [3.05, 3.63) is 40.7 Å². The number of benzene rings is 1. The fourth-order valence-corrected chi connectivity index (χ4v) is 2.87. The number of ether oxygens (including phenoxy) is 2. The minimum absolute atomic E-state index is 0.131. The first-order chi connectivity index (χ1) is 13.1. The van der Waals surface area contributed by atoms with Gasteiger partial charge in [0, 0.05) is 5.38 Å². The third-order valence-electron chi connectivity index (χ3n) is 3.52. The molecule has 2 aromatic rings. The summed E-state index contributed by atoms with van der Waals surface area (Å²) >= 11 is 1.34. The quantitative estimate of drug-likeness (QED) is 0.265. The highest BCUT2D eigenvalue weighted by Gasteiger charge is 2.08. The van der Waals surface area contributed by atoms with Gasteiger partial charge in [-0.3, -0.25) is 10.2 Å². The monoisotopic (exact) mass is 393 g/mol. The first-order valence-corrected chi connectivity index (χ1v) is 9.81. The van der Waals surface area contributed by atoms with E-state index < -0.39 is 0 Å². The molecule has 0 bridgehead atoms. The molecule has 1 aromatic heterocycles. The van der Waals surface area contributed by atoms with Gasteiger partial charge in [-0.2, -0.15) is 5.10 Å². The van der Waals surface area contributed by atoms with E-state index in [0.29, 0.717) is 29.6 Å². The first-order valence-electron chi connectivity index (χ1n) is 8.93. The molecule has 8 heteroatoms. The van der Waals surface area contributed by atoms with Crippen molar-refractivity contribution < 1.29 is 18.7 Å². The Morgan fingerprint density at radius 1 is 1.37 bits per heavy atom. The van der Waals surface area contributed by atoms with Crippen LogP contribution in [0.1, 0.15) is 44.4 Å². The lowest BCUT2D eigenvalue weighted by atomic mass is 10.2. The minimum atomic E-state index is -0.389. The second-order valence-electron chi connectivity index (χ2n) is 5.74. The number of hydrogen-bond donors (Lipinski definition) is 1. The van der Waals surface area contributed by atoms with E-state index in [1.165, 1.54) is 17.4 Å². The molecule has 0 aliphatic rings. The van der Waals surface area contributed by atoms with Gasteiger partial charge in [-0.15, -0.1) is 11.3 Å². The van der Waals surface area contributed by atoms with Crippen molar-refractivity contribution in [3.63, 3.8) is 0 Å². The Labute approximate surface area is 162 Å². The summed E-state index contributed by atoms with van der Waals surface area (Å²) < 4.78 is 24.2. The van der Waals surface area contributed by atoms with Crippen molar-refractivity contribution >= 4 is 28.7 Å². The van der Waals surface area contributed by atoms with E-state index in [0.717, 1.165) is 19.3 Å². The number of nitrogens with zero attached hydrogens (tertiary/aromatic N) is 2. The summed E-state index contributed by atoms with van der Waals surface area (Å²) in [6.07, 6.45) is 4.73. The second-order valence-corrected chi connectivity index (χ2v) is 6.60. The van der Waals surface area contributed by atoms with Gasteiger partial charge >= 0.3 is 5.97 Å². The zero-order valence-corrected chi connectivity index (χ0v) is 16.4. The van der Waals surface area contributed by atoms with Crippen LogP contribution in [0.25, 0.3) is 0 Å². The van der Waals surface area contributed by atoms with Crippen LogP contribution in [-0.4, -0.2) is 30.4 Å². The zero-order valence-electron chi connectivity index (χ0n) is 15.5. The highest BCUT2D eigenvalue weighted by molar-refractivity contribution is 7.13. The highest BCUT2D eigenvalue weighted by Crippen LogP contribution is 2.19. The molecule has 0 radical (unpaired) electrons. The second kappa shape index (κ2) is 11.3. The lowest BCUT2D eigenvalue weighted by Gasteiger charge is -2.07. The van der Waals surface area contributed by atoms with Crippen LogP contribution in [0.15, 0.2) is 28.7 Å². The first kappa shape index (κ1) is 20.8. The SMILES string of the molecule is CCCCCOc1cc(C=NNc2nc(CC(=O)OCC)cs2)ccc1F. The van der Waals surface area contributed by atoms with E-state index in [1.807, 2.05) is 0 Å². The molecule has 6 nitrogen and oxygen atoms in total. The molecular formula is C19H24FN3O3S. The molecule has 0 aliphatic heterocycles. The normalized spacial score (nSPS) is 10.9. The Balaban J connectivity index is 1.88. The number of carbonyl (C=O) groups is 1. The average molecular weight is 393 g/mol. The number of anilines is 1. The third kappa shape index (κ3) is 7.34. The van der Waals surface area contributed by atoms with Crippen molar-refractivity contribution in [1.29, 1.82) is 0 Å². The Morgan fingerprint density at radius 3 is 3.00 bits per heavy atom. The van der Waals surface area contributed by atoms with Crippen LogP contribution in [0.5, 0.6) is 5.75 Å². The molecule has 1 heterocycles.